The molecule has 3 heterocycles. The van der Waals surface area contributed by atoms with Crippen LogP contribution in [0.5, 0.6) is 0 Å². The summed E-state index contributed by atoms with van der Waals surface area (Å²) in [7, 11) is 0. The Kier molecular flexibility index (Phi) is 27.3. The summed E-state index contributed by atoms with van der Waals surface area (Å²) >= 11 is 0. The van der Waals surface area contributed by atoms with Crippen LogP contribution in [0, 0.1) is 188 Å². The summed E-state index contributed by atoms with van der Waals surface area (Å²) in [5.41, 5.74) is 6.75. The second-order valence-corrected chi connectivity index (χ2v) is 51.3. The molecule has 0 spiro atoms. The lowest BCUT2D eigenvalue weighted by Crippen LogP contribution is -2.68. The summed E-state index contributed by atoms with van der Waals surface area (Å²) in [6.45, 7) is 67.5. The molecule has 3 aromatic carbocycles. The predicted octanol–water partition coefficient (Wildman–Crippen LogP) is 26.1. The van der Waals surface area contributed by atoms with Crippen LogP contribution in [0.4, 0.5) is 0 Å². The van der Waals surface area contributed by atoms with E-state index in [2.05, 4.69) is 203 Å². The summed E-state index contributed by atoms with van der Waals surface area (Å²) < 4.78 is 51.2. The van der Waals surface area contributed by atoms with E-state index in [9.17, 15) is 24.3 Å². The second-order valence-electron chi connectivity index (χ2n) is 51.3. The molecule has 3 aromatic rings. The minimum Gasteiger partial charge on any atom is -0.461 e. The summed E-state index contributed by atoms with van der Waals surface area (Å²) in [6, 6.07) is 30.4. The van der Waals surface area contributed by atoms with Crippen LogP contribution in [0.3, 0.4) is 0 Å². The molecular formula is C119H174O13. The van der Waals surface area contributed by atoms with Gasteiger partial charge in [-0.25, -0.2) is 0 Å². The number of rotatable bonds is 21. The molecule has 0 aromatic heterocycles. The maximum absolute atomic E-state index is 14.6. The Morgan fingerprint density at radius 1 is 0.394 bits per heavy atom. The van der Waals surface area contributed by atoms with E-state index >= 15 is 0 Å². The van der Waals surface area contributed by atoms with Crippen molar-refractivity contribution in [1.82, 2.24) is 0 Å². The summed E-state index contributed by atoms with van der Waals surface area (Å²) in [5, 5.41) is 11.4. The standard InChI is InChI=1S/C41H60O4.C40H58O5.C38H56O4/c1-10-22-44-35-28(4)23-41-26-43-25-38(35,7)33(41)17-16-31-32(41)18-19-40(9)34(36(42)45-24-30-14-12-11-13-15-30)37(6,29(5)27(2)3)20-21-39(31,40)8;1-26(2)28(4)36(5)18-19-38(7)30-14-15-32-37(6)24-43-25-40(32,22-27(3)34(37)44-21-20-41)31(30)16-17-39(38,8)33(36)35(42)45-23-29-12-10-9-11-13-29;1-24(2)26(4)34(5)18-19-36(7)28-14-15-30-35(6)22-41-23-38(30,20-25(3)32(35)39)29(28)16-17-37(36,8)31(34)33(40)42-21-27-12-10-9-11-13-27/h10-15,18,27-29,31,33-35H,1,16-17,19-26H2,2-9H3;9-13,16,20,26-28,30,32-34H,14-15,17-19,21-25H2,1-8H3;9-13,16,24-26,28,30-32,39H,14-15,17-23H2,1-8H3/t28-,29-,31+,33+,34-,35+,37-,38+,39-,40+,41+;27-,28-,30+,32+,33-,34+,36-,37+,38-,39+,40+;25-,26-,28+,30+,31-,32+,34-,35+,36-,37+,38+/m111/s1. The predicted molar refractivity (Wildman–Crippen MR) is 526 cm³/mol. The minimum absolute atomic E-state index is 0.00338. The Morgan fingerprint density at radius 2 is 0.682 bits per heavy atom. The molecule has 13 heteroatoms. The molecule has 132 heavy (non-hydrogen) atoms. The number of ether oxygens (including phenoxy) is 8. The zero-order chi connectivity index (χ0) is 95.1. The van der Waals surface area contributed by atoms with E-state index in [1.54, 1.807) is 16.7 Å². The highest BCUT2D eigenvalue weighted by Gasteiger charge is 2.77. The van der Waals surface area contributed by atoms with Gasteiger partial charge in [0, 0.05) is 32.5 Å². The van der Waals surface area contributed by atoms with Gasteiger partial charge in [-0.3, -0.25) is 14.4 Å². The topological polar surface area (TPSA) is 162 Å². The van der Waals surface area contributed by atoms with Gasteiger partial charge in [-0.1, -0.05) is 298 Å². The largest absolute Gasteiger partial charge is 0.461 e. The van der Waals surface area contributed by atoms with E-state index in [0.29, 0.717) is 122 Å². The molecule has 3 aliphatic heterocycles. The van der Waals surface area contributed by atoms with Gasteiger partial charge in [0.15, 0.2) is 0 Å². The molecule has 9 saturated carbocycles. The van der Waals surface area contributed by atoms with Crippen LogP contribution in [0.25, 0.3) is 0 Å². The number of aliphatic hydroxyl groups is 1. The summed E-state index contributed by atoms with van der Waals surface area (Å²) in [5.74, 6) is 6.01. The van der Waals surface area contributed by atoms with Gasteiger partial charge >= 0.3 is 17.9 Å². The summed E-state index contributed by atoms with van der Waals surface area (Å²) in [6.07, 6.45) is 29.9. The molecule has 0 unspecified atom stereocenters. The van der Waals surface area contributed by atoms with Gasteiger partial charge in [-0.2, -0.15) is 0 Å². The number of fused-ring (bicyclic) bond motifs is 9. The number of aliphatic hydroxyl groups excluding tert-OH is 1. The molecule has 13 nitrogen and oxygen atoms in total. The average Bonchev–Trinajstić information content (AvgIpc) is 0.669. The molecule has 12 fully saturated rings. The Balaban J connectivity index is 0.000000145. The third-order valence-electron chi connectivity index (χ3n) is 44.5. The lowest BCUT2D eigenvalue weighted by Gasteiger charge is -2.71. The molecule has 18 rings (SSSR count). The number of carbonyl (C=O) groups is 4. The number of hydrogen-bond donors (Lipinski definition) is 1. The monoisotopic (exact) mass is 1810 g/mol. The number of carbonyl (C=O) groups excluding carboxylic acids is 4. The van der Waals surface area contributed by atoms with Crippen LogP contribution in [0.2, 0.25) is 0 Å². The van der Waals surface area contributed by atoms with Crippen molar-refractivity contribution in [3.05, 3.63) is 155 Å². The van der Waals surface area contributed by atoms with Gasteiger partial charge in [-0.05, 0) is 270 Å². The lowest BCUT2D eigenvalue weighted by atomic mass is 9.34. The first kappa shape index (κ1) is 99.5. The fourth-order valence-electron chi connectivity index (χ4n) is 36.5. The normalized spacial score (nSPS) is 45.3. The highest BCUT2D eigenvalue weighted by atomic mass is 16.5. The first-order chi connectivity index (χ1) is 62.3. The minimum atomic E-state index is -0.311. The van der Waals surface area contributed by atoms with Crippen molar-refractivity contribution in [1.29, 1.82) is 0 Å². The molecule has 0 radical (unpaired) electrons. The van der Waals surface area contributed by atoms with Gasteiger partial charge in [0.1, 0.15) is 32.7 Å². The van der Waals surface area contributed by atoms with Crippen LogP contribution in [-0.2, 0) is 76.9 Å². The second kappa shape index (κ2) is 36.3. The first-order valence-corrected chi connectivity index (χ1v) is 52.7. The lowest BCUT2D eigenvalue weighted by molar-refractivity contribution is -0.249. The Morgan fingerprint density at radius 3 is 0.977 bits per heavy atom. The van der Waals surface area contributed by atoms with Crippen molar-refractivity contribution in [2.75, 3.05) is 52.9 Å². The number of hydrogen-bond acceptors (Lipinski definition) is 13. The molecular weight excluding hydrogens is 1640 g/mol. The summed E-state index contributed by atoms with van der Waals surface area (Å²) in [4.78, 5) is 55.0. The van der Waals surface area contributed by atoms with Crippen molar-refractivity contribution < 1.29 is 62.2 Å². The number of aldehydes is 1. The third kappa shape index (κ3) is 15.2. The maximum atomic E-state index is 14.6. The fourth-order valence-corrected chi connectivity index (χ4v) is 36.5. The molecule has 6 bridgehead atoms. The van der Waals surface area contributed by atoms with E-state index in [0.717, 1.165) is 152 Å². The quantitative estimate of drug-likeness (QED) is 0.0464. The van der Waals surface area contributed by atoms with Crippen LogP contribution in [0.15, 0.2) is 139 Å². The van der Waals surface area contributed by atoms with Gasteiger partial charge in [0.25, 0.3) is 0 Å². The molecule has 12 aliphatic carbocycles. The smallest absolute Gasteiger partial charge is 0.310 e. The zero-order valence-corrected chi connectivity index (χ0v) is 86.2. The maximum Gasteiger partial charge on any atom is 0.310 e. The highest BCUT2D eigenvalue weighted by Crippen LogP contribution is 2.80. The third-order valence-corrected chi connectivity index (χ3v) is 44.5. The van der Waals surface area contributed by atoms with Crippen molar-refractivity contribution in [2.24, 2.45) is 188 Å². The van der Waals surface area contributed by atoms with E-state index in [4.69, 9.17) is 37.9 Å². The van der Waals surface area contributed by atoms with Gasteiger partial charge in [0.05, 0.1) is 82.3 Å². The van der Waals surface area contributed by atoms with Gasteiger partial charge < -0.3 is 47.8 Å². The number of esters is 3. The Labute approximate surface area is 797 Å². The van der Waals surface area contributed by atoms with Crippen LogP contribution < -0.4 is 0 Å². The molecule has 15 aliphatic rings. The molecule has 1 N–H and O–H groups in total. The Hall–Kier alpha value is -5.54. The first-order valence-electron chi connectivity index (χ1n) is 52.7. The number of allylic oxidation sites excluding steroid dienone is 3. The highest BCUT2D eigenvalue weighted by molar-refractivity contribution is 5.77. The van der Waals surface area contributed by atoms with Crippen molar-refractivity contribution in [3.8, 4) is 0 Å². The van der Waals surface area contributed by atoms with Crippen LogP contribution in [0.1, 0.15) is 298 Å². The van der Waals surface area contributed by atoms with E-state index < -0.39 is 0 Å². The van der Waals surface area contributed by atoms with E-state index in [1.165, 1.54) is 12.8 Å². The van der Waals surface area contributed by atoms with Gasteiger partial charge in [0.2, 0.25) is 0 Å². The Bertz CT molecular complexity index is 4560. The van der Waals surface area contributed by atoms with Gasteiger partial charge in [-0.15, -0.1) is 6.58 Å². The van der Waals surface area contributed by atoms with Crippen LogP contribution >= 0.6 is 0 Å². The fraction of sp³-hybridized carbons (Fsp3) is 0.748. The van der Waals surface area contributed by atoms with Crippen molar-refractivity contribution >= 4 is 24.2 Å². The molecule has 33 atom stereocenters. The zero-order valence-electron chi connectivity index (χ0n) is 86.2. The molecule has 728 valence electrons. The van der Waals surface area contributed by atoms with Crippen molar-refractivity contribution in [3.63, 3.8) is 0 Å². The molecule has 0 amide bonds. The molecule has 3 saturated heterocycles. The SMILES string of the molecule is C=CCO[C@H]1[C@H](C)C[C@@]23COC[C@@]1(C)[C@@H]2CC[C@H]1C3=CC[C@@]2(C)[C@H](C(=O)OCc3ccccc3)[C@@](C)([C@H](C)C(C)C)CC[C@]12C.CC(C)[C@@H](C)[C@@]1(C)CC[C@]2(C)[C@H]3CC[C@@H]4[C@@]5(COC[C@]4(C)[C@@H](O)[C@H](C)C5)C3=CC[C@@]2(C)[C@@H]1C(=O)OCc1ccccc1.CC(C)[C@@H](C)[C@@]1(C)CC[C@]2(C)[C@H]3CC[C@@H]4[C@@]5(COC[C@]4(C)[C@@H](OCC=O)[C@H](C)C5)C3=CC[C@@]2(C)[C@@H]1C(=O)OCc1ccccc1. The van der Waals surface area contributed by atoms with Crippen LogP contribution in [-0.4, -0.2) is 100 Å². The van der Waals surface area contributed by atoms with E-state index in [1.807, 2.05) is 84.9 Å². The van der Waals surface area contributed by atoms with E-state index in [-0.39, 0.29) is 148 Å². The average molecular weight is 1810 g/mol. The number of benzene rings is 3. The van der Waals surface area contributed by atoms with Crippen molar-refractivity contribution in [2.45, 2.75) is 320 Å².